The van der Waals surface area contributed by atoms with Crippen molar-refractivity contribution >= 4 is 49.3 Å². The zero-order valence-corrected chi connectivity index (χ0v) is 12.1. The van der Waals surface area contributed by atoms with Crippen LogP contribution >= 0.6 is 27.5 Å². The third kappa shape index (κ3) is 2.53. The van der Waals surface area contributed by atoms with Gasteiger partial charge in [0.15, 0.2) is 0 Å². The number of halogens is 3. The maximum Gasteiger partial charge on any atom is 0.307 e. The first-order chi connectivity index (χ1) is 8.30. The summed E-state index contributed by atoms with van der Waals surface area (Å²) in [5.41, 5.74) is 0.377. The molecule has 18 heavy (non-hydrogen) atoms. The van der Waals surface area contributed by atoms with Gasteiger partial charge in [0.1, 0.15) is 5.25 Å². The molecular weight excluding hydrogens is 349 g/mol. The SMILES string of the molecule is O=C1CC(S(=O)(=O)F)CN1c1cccc(Br)c1Cl. The van der Waals surface area contributed by atoms with E-state index in [-0.39, 0.29) is 13.0 Å². The summed E-state index contributed by atoms with van der Waals surface area (Å²) < 4.78 is 35.1. The Hall–Kier alpha value is -0.660. The average molecular weight is 357 g/mol. The normalized spacial score (nSPS) is 20.5. The second kappa shape index (κ2) is 4.79. The predicted molar refractivity (Wildman–Crippen MR) is 69.9 cm³/mol. The van der Waals surface area contributed by atoms with Gasteiger partial charge in [-0.15, -0.1) is 3.89 Å². The number of hydrogen-bond donors (Lipinski definition) is 0. The van der Waals surface area contributed by atoms with Crippen LogP contribution in [-0.2, 0) is 15.0 Å². The lowest BCUT2D eigenvalue weighted by molar-refractivity contribution is -0.117. The molecule has 1 aromatic rings. The van der Waals surface area contributed by atoms with Crippen molar-refractivity contribution in [2.24, 2.45) is 0 Å². The topological polar surface area (TPSA) is 54.5 Å². The van der Waals surface area contributed by atoms with Crippen LogP contribution in [0.3, 0.4) is 0 Å². The summed E-state index contributed by atoms with van der Waals surface area (Å²) in [4.78, 5) is 12.9. The minimum atomic E-state index is -4.72. The Kier molecular flexibility index (Phi) is 3.66. The van der Waals surface area contributed by atoms with Crippen LogP contribution in [-0.4, -0.2) is 26.1 Å². The number of rotatable bonds is 2. The molecule has 1 atom stereocenters. The predicted octanol–water partition coefficient (Wildman–Crippen LogP) is 2.51. The van der Waals surface area contributed by atoms with E-state index in [9.17, 15) is 17.1 Å². The van der Waals surface area contributed by atoms with E-state index in [1.807, 2.05) is 0 Å². The van der Waals surface area contributed by atoms with Crippen LogP contribution in [0.25, 0.3) is 0 Å². The van der Waals surface area contributed by atoms with Gasteiger partial charge in [-0.3, -0.25) is 4.79 Å². The maximum atomic E-state index is 12.9. The van der Waals surface area contributed by atoms with Crippen molar-refractivity contribution in [3.8, 4) is 0 Å². The van der Waals surface area contributed by atoms with Crippen molar-refractivity contribution in [1.82, 2.24) is 0 Å². The Labute approximate surface area is 117 Å². The third-order valence-corrected chi connectivity index (χ3v) is 5.11. The minimum absolute atomic E-state index is 0.214. The molecule has 1 amide bonds. The zero-order valence-electron chi connectivity index (χ0n) is 8.94. The fourth-order valence-corrected chi connectivity index (χ4v) is 3.05. The van der Waals surface area contributed by atoms with Crippen LogP contribution in [0, 0.1) is 0 Å². The number of carbonyl (C=O) groups excluding carboxylic acids is 1. The highest BCUT2D eigenvalue weighted by Crippen LogP contribution is 2.35. The van der Waals surface area contributed by atoms with Crippen molar-refractivity contribution in [3.05, 3.63) is 27.7 Å². The van der Waals surface area contributed by atoms with Gasteiger partial charge in [0, 0.05) is 17.4 Å². The maximum absolute atomic E-state index is 12.9. The zero-order chi connectivity index (χ0) is 13.5. The number of amides is 1. The fourth-order valence-electron chi connectivity index (χ4n) is 1.80. The first-order valence-electron chi connectivity index (χ1n) is 4.98. The van der Waals surface area contributed by atoms with E-state index in [2.05, 4.69) is 15.9 Å². The van der Waals surface area contributed by atoms with Gasteiger partial charge in [-0.25, -0.2) is 0 Å². The van der Waals surface area contributed by atoms with Crippen LogP contribution < -0.4 is 4.90 Å². The lowest BCUT2D eigenvalue weighted by atomic mass is 10.3. The van der Waals surface area contributed by atoms with Gasteiger partial charge in [-0.2, -0.15) is 8.42 Å². The van der Waals surface area contributed by atoms with Crippen LogP contribution in [0.15, 0.2) is 22.7 Å². The number of nitrogens with zero attached hydrogens (tertiary/aromatic N) is 1. The van der Waals surface area contributed by atoms with Gasteiger partial charge >= 0.3 is 10.2 Å². The molecule has 1 fully saturated rings. The molecule has 98 valence electrons. The summed E-state index contributed by atoms with van der Waals surface area (Å²) in [5.74, 6) is -0.457. The molecule has 2 rings (SSSR count). The molecule has 1 unspecified atom stereocenters. The standard InChI is InChI=1S/C10H8BrClFNO3S/c11-7-2-1-3-8(10(7)12)14-5-6(4-9(14)15)18(13,16)17/h1-3,6H,4-5H2. The smallest absolute Gasteiger partial charge is 0.307 e. The molecule has 8 heteroatoms. The molecule has 1 heterocycles. The molecule has 0 radical (unpaired) electrons. The highest BCUT2D eigenvalue weighted by molar-refractivity contribution is 9.10. The molecule has 0 N–H and O–H groups in total. The van der Waals surface area contributed by atoms with E-state index in [1.54, 1.807) is 18.2 Å². The number of carbonyl (C=O) groups is 1. The molecular formula is C10H8BrClFNO3S. The number of benzene rings is 1. The van der Waals surface area contributed by atoms with E-state index in [4.69, 9.17) is 11.6 Å². The van der Waals surface area contributed by atoms with Gasteiger partial charge in [0.05, 0.1) is 10.7 Å². The molecule has 0 aliphatic carbocycles. The lowest BCUT2D eigenvalue weighted by Gasteiger charge is -2.18. The Balaban J connectivity index is 2.36. The Morgan fingerprint density at radius 1 is 1.44 bits per heavy atom. The van der Waals surface area contributed by atoms with Crippen LogP contribution in [0.1, 0.15) is 6.42 Å². The van der Waals surface area contributed by atoms with E-state index >= 15 is 0 Å². The van der Waals surface area contributed by atoms with E-state index in [0.29, 0.717) is 15.2 Å². The molecule has 1 aliphatic heterocycles. The molecule has 0 aromatic heterocycles. The van der Waals surface area contributed by atoms with Crippen molar-refractivity contribution < 1.29 is 17.1 Å². The Bertz CT molecular complexity index is 607. The first kappa shape index (κ1) is 13.8. The Morgan fingerprint density at radius 2 is 2.11 bits per heavy atom. The molecule has 4 nitrogen and oxygen atoms in total. The summed E-state index contributed by atoms with van der Waals surface area (Å²) in [7, 11) is -4.72. The largest absolute Gasteiger partial charge is 0.309 e. The molecule has 1 saturated heterocycles. The van der Waals surface area contributed by atoms with Crippen LogP contribution in [0.2, 0.25) is 5.02 Å². The lowest BCUT2D eigenvalue weighted by Crippen LogP contribution is -2.27. The van der Waals surface area contributed by atoms with E-state index < -0.39 is 21.4 Å². The highest BCUT2D eigenvalue weighted by atomic mass is 79.9. The van der Waals surface area contributed by atoms with Crippen molar-refractivity contribution in [2.75, 3.05) is 11.4 Å². The first-order valence-corrected chi connectivity index (χ1v) is 7.60. The fraction of sp³-hybridized carbons (Fsp3) is 0.300. The summed E-state index contributed by atoms with van der Waals surface area (Å²) in [6, 6.07) is 4.93. The average Bonchev–Trinajstić information content (AvgIpc) is 2.64. The summed E-state index contributed by atoms with van der Waals surface area (Å²) in [6.07, 6.45) is -0.359. The van der Waals surface area contributed by atoms with Crippen molar-refractivity contribution in [1.29, 1.82) is 0 Å². The van der Waals surface area contributed by atoms with E-state index in [0.717, 1.165) is 0 Å². The molecule has 1 aromatic carbocycles. The second-order valence-electron chi connectivity index (χ2n) is 3.88. The summed E-state index contributed by atoms with van der Waals surface area (Å²) >= 11 is 9.22. The molecule has 0 spiro atoms. The van der Waals surface area contributed by atoms with Crippen molar-refractivity contribution in [2.45, 2.75) is 11.7 Å². The van der Waals surface area contributed by atoms with Crippen LogP contribution in [0.4, 0.5) is 9.57 Å². The van der Waals surface area contributed by atoms with E-state index in [1.165, 1.54) is 4.90 Å². The third-order valence-electron chi connectivity index (χ3n) is 2.71. The molecule has 0 saturated carbocycles. The highest BCUT2D eigenvalue weighted by Gasteiger charge is 2.39. The monoisotopic (exact) mass is 355 g/mol. The van der Waals surface area contributed by atoms with Gasteiger partial charge in [0.2, 0.25) is 5.91 Å². The number of anilines is 1. The second-order valence-corrected chi connectivity index (χ2v) is 6.73. The molecule has 0 bridgehead atoms. The van der Waals surface area contributed by atoms with Crippen molar-refractivity contribution in [3.63, 3.8) is 0 Å². The summed E-state index contributed by atoms with van der Waals surface area (Å²) in [5, 5.41) is -1.03. The number of hydrogen-bond acceptors (Lipinski definition) is 3. The molecule has 1 aliphatic rings. The quantitative estimate of drug-likeness (QED) is 0.765. The van der Waals surface area contributed by atoms with Gasteiger partial charge in [-0.05, 0) is 28.1 Å². The van der Waals surface area contributed by atoms with Gasteiger partial charge in [-0.1, -0.05) is 17.7 Å². The van der Waals surface area contributed by atoms with Gasteiger partial charge in [0.25, 0.3) is 0 Å². The van der Waals surface area contributed by atoms with Crippen LogP contribution in [0.5, 0.6) is 0 Å². The minimum Gasteiger partial charge on any atom is -0.309 e. The van der Waals surface area contributed by atoms with Gasteiger partial charge < -0.3 is 4.90 Å². The Morgan fingerprint density at radius 3 is 2.67 bits per heavy atom. The summed E-state index contributed by atoms with van der Waals surface area (Å²) in [6.45, 7) is -0.214.